The second kappa shape index (κ2) is 13.4. The summed E-state index contributed by atoms with van der Waals surface area (Å²) in [5, 5.41) is 10.1. The van der Waals surface area contributed by atoms with Gasteiger partial charge >= 0.3 is 12.6 Å². The highest BCUT2D eigenvalue weighted by Crippen LogP contribution is 2.52. The zero-order valence-corrected chi connectivity index (χ0v) is 28.9. The SMILES string of the molecule is N#Cc1c(N)sc2c(F)ccc(-c3c(Cl)c4c5c(nc(OCC67CCCN6C[C@H](F)C7)nc5c3F)N3C(CCCCC3COC(F)F)CCO4)c12. The molecule has 8 rings (SSSR count). The zero-order valence-electron chi connectivity index (χ0n) is 27.4. The van der Waals surface area contributed by atoms with Crippen LogP contribution in [0.4, 0.5) is 32.8 Å². The van der Waals surface area contributed by atoms with Gasteiger partial charge in [-0.25, -0.2) is 13.2 Å². The minimum atomic E-state index is -2.99. The number of ether oxygens (including phenoxy) is 3. The molecule has 0 amide bonds. The highest BCUT2D eigenvalue weighted by atomic mass is 35.5. The number of alkyl halides is 3. The van der Waals surface area contributed by atoms with Gasteiger partial charge < -0.3 is 24.8 Å². The average Bonchev–Trinajstić information content (AvgIpc) is 3.69. The molecule has 2 aromatic heterocycles. The van der Waals surface area contributed by atoms with E-state index in [0.29, 0.717) is 32.2 Å². The Morgan fingerprint density at radius 3 is 2.78 bits per heavy atom. The van der Waals surface area contributed by atoms with Gasteiger partial charge in [-0.05, 0) is 43.9 Å². The van der Waals surface area contributed by atoms with Crippen molar-refractivity contribution < 1.29 is 36.2 Å². The molecule has 2 aromatic carbocycles. The Hall–Kier alpha value is -3.71. The van der Waals surface area contributed by atoms with Gasteiger partial charge in [0, 0.05) is 36.4 Å². The van der Waals surface area contributed by atoms with Gasteiger partial charge in [0.25, 0.3) is 0 Å². The number of aromatic nitrogens is 2. The fourth-order valence-corrected chi connectivity index (χ4v) is 9.91. The van der Waals surface area contributed by atoms with Crippen molar-refractivity contribution in [1.29, 1.82) is 5.26 Å². The van der Waals surface area contributed by atoms with E-state index < -0.39 is 36.0 Å². The van der Waals surface area contributed by atoms with Crippen molar-refractivity contribution >= 4 is 54.7 Å². The summed E-state index contributed by atoms with van der Waals surface area (Å²) in [5.74, 6) is -1.29. The molecule has 0 spiro atoms. The van der Waals surface area contributed by atoms with Crippen LogP contribution in [-0.2, 0) is 4.74 Å². The first-order chi connectivity index (χ1) is 24.6. The van der Waals surface area contributed by atoms with E-state index in [9.17, 15) is 18.4 Å². The third-order valence-electron chi connectivity index (χ3n) is 10.8. The molecule has 0 aliphatic carbocycles. The Morgan fingerprint density at radius 2 is 1.98 bits per heavy atom. The summed E-state index contributed by atoms with van der Waals surface area (Å²) in [6, 6.07) is 3.53. The Labute approximate surface area is 299 Å². The molecule has 0 saturated carbocycles. The number of benzene rings is 2. The summed E-state index contributed by atoms with van der Waals surface area (Å²) >= 11 is 7.94. The normalized spacial score (nSPS) is 25.0. The monoisotopic (exact) mass is 748 g/mol. The van der Waals surface area contributed by atoms with Crippen LogP contribution in [0.2, 0.25) is 5.02 Å². The summed E-state index contributed by atoms with van der Waals surface area (Å²) in [6.45, 7) is -2.06. The highest BCUT2D eigenvalue weighted by molar-refractivity contribution is 7.23. The number of hydrogen-bond acceptors (Lipinski definition) is 10. The van der Waals surface area contributed by atoms with Crippen LogP contribution in [0.25, 0.3) is 32.1 Å². The highest BCUT2D eigenvalue weighted by Gasteiger charge is 2.49. The molecule has 3 unspecified atom stereocenters. The molecule has 4 aromatic rings. The molecule has 3 fully saturated rings. The Kier molecular flexibility index (Phi) is 9.01. The van der Waals surface area contributed by atoms with Crippen molar-refractivity contribution in [2.75, 3.05) is 43.5 Å². The molecule has 4 aliphatic rings. The lowest BCUT2D eigenvalue weighted by Crippen LogP contribution is -2.47. The summed E-state index contributed by atoms with van der Waals surface area (Å²) in [4.78, 5) is 13.4. The minimum Gasteiger partial charge on any atom is -0.491 e. The third kappa shape index (κ3) is 5.78. The maximum atomic E-state index is 17.4. The molecule has 4 aliphatic heterocycles. The summed E-state index contributed by atoms with van der Waals surface area (Å²) < 4.78 is 91.4. The predicted molar refractivity (Wildman–Crippen MR) is 184 cm³/mol. The molecular weight excluding hydrogens is 715 g/mol. The number of nitriles is 1. The van der Waals surface area contributed by atoms with E-state index in [-0.39, 0.29) is 97.6 Å². The van der Waals surface area contributed by atoms with Crippen molar-refractivity contribution in [3.63, 3.8) is 0 Å². The lowest BCUT2D eigenvalue weighted by atomic mass is 9.95. The van der Waals surface area contributed by atoms with Gasteiger partial charge in [0.15, 0.2) is 11.6 Å². The summed E-state index contributed by atoms with van der Waals surface area (Å²) in [6.07, 6.45) is 4.10. The number of nitrogen functional groups attached to an aromatic ring is 1. The van der Waals surface area contributed by atoms with Crippen LogP contribution in [0.15, 0.2) is 12.1 Å². The molecule has 0 bridgehead atoms. The van der Waals surface area contributed by atoms with E-state index in [0.717, 1.165) is 43.2 Å². The smallest absolute Gasteiger partial charge is 0.345 e. The Morgan fingerprint density at radius 1 is 1.16 bits per heavy atom. The number of thiophene rings is 1. The van der Waals surface area contributed by atoms with Crippen LogP contribution in [0.1, 0.15) is 56.9 Å². The molecule has 0 radical (unpaired) electrons. The predicted octanol–water partition coefficient (Wildman–Crippen LogP) is 7.99. The minimum absolute atomic E-state index is 0.0200. The molecule has 51 heavy (non-hydrogen) atoms. The maximum absolute atomic E-state index is 17.4. The van der Waals surface area contributed by atoms with Gasteiger partial charge in [-0.2, -0.15) is 24.0 Å². The molecule has 9 nitrogen and oxygen atoms in total. The van der Waals surface area contributed by atoms with E-state index in [1.54, 1.807) is 0 Å². The molecule has 6 heterocycles. The number of nitrogens with two attached hydrogens (primary N) is 1. The second-order valence-electron chi connectivity index (χ2n) is 13.7. The van der Waals surface area contributed by atoms with Gasteiger partial charge in [-0.3, -0.25) is 4.90 Å². The molecule has 2 N–H and O–H groups in total. The Balaban J connectivity index is 1.37. The first-order valence-corrected chi connectivity index (χ1v) is 18.3. The third-order valence-corrected chi connectivity index (χ3v) is 12.2. The lowest BCUT2D eigenvalue weighted by molar-refractivity contribution is -0.132. The van der Waals surface area contributed by atoms with Crippen molar-refractivity contribution in [2.24, 2.45) is 0 Å². The fourth-order valence-electron chi connectivity index (χ4n) is 8.62. The standard InChI is InChI=1S/C35H34ClF5N6O3S/c36-26-24(20-6-7-22(38)30-23(20)21(13-42)31(43)51-30)27(39)28-25-29(26)48-11-8-18-4-1-2-5-19(15-49-33(40)41)47(18)32(25)45-34(44-28)50-16-35-9-3-10-46(35)14-17(37)12-35/h6-7,17-19,33H,1-5,8-12,14-16,43H2/t17-,18?,19?,35?/m1/s1. The zero-order chi connectivity index (χ0) is 35.6. The van der Waals surface area contributed by atoms with Crippen LogP contribution in [0.3, 0.4) is 0 Å². The fraction of sp³-hybridized carbons (Fsp3) is 0.514. The van der Waals surface area contributed by atoms with Crippen molar-refractivity contribution in [3.8, 4) is 29.0 Å². The van der Waals surface area contributed by atoms with E-state index >= 15 is 8.78 Å². The number of hydrogen-bond donors (Lipinski definition) is 1. The second-order valence-corrected chi connectivity index (χ2v) is 15.2. The number of fused-ring (bicyclic) bond motifs is 4. The van der Waals surface area contributed by atoms with Crippen molar-refractivity contribution in [1.82, 2.24) is 14.9 Å². The quantitative estimate of drug-likeness (QED) is 0.188. The summed E-state index contributed by atoms with van der Waals surface area (Å²) in [7, 11) is 0. The Bertz CT molecular complexity index is 2060. The van der Waals surface area contributed by atoms with Gasteiger partial charge in [0.2, 0.25) is 0 Å². The topological polar surface area (TPSA) is 110 Å². The molecule has 3 saturated heterocycles. The first-order valence-electron chi connectivity index (χ1n) is 17.1. The molecular formula is C35H34ClF5N6O3S. The lowest BCUT2D eigenvalue weighted by Gasteiger charge is -2.39. The van der Waals surface area contributed by atoms with E-state index in [4.69, 9.17) is 36.5 Å². The average molecular weight is 749 g/mol. The van der Waals surface area contributed by atoms with Crippen LogP contribution < -0.4 is 20.1 Å². The van der Waals surface area contributed by atoms with Crippen LogP contribution in [0.5, 0.6) is 11.8 Å². The van der Waals surface area contributed by atoms with E-state index in [1.807, 2.05) is 11.0 Å². The van der Waals surface area contributed by atoms with Gasteiger partial charge in [-0.15, -0.1) is 11.3 Å². The molecule has 16 heteroatoms. The number of nitrogens with zero attached hydrogens (tertiary/aromatic N) is 5. The van der Waals surface area contributed by atoms with Crippen molar-refractivity contribution in [2.45, 2.75) is 81.8 Å². The van der Waals surface area contributed by atoms with Gasteiger partial charge in [0.1, 0.15) is 41.0 Å². The summed E-state index contributed by atoms with van der Waals surface area (Å²) in [5.41, 5.74) is 5.22. The largest absolute Gasteiger partial charge is 0.491 e. The maximum Gasteiger partial charge on any atom is 0.345 e. The van der Waals surface area contributed by atoms with E-state index in [1.165, 1.54) is 6.07 Å². The number of rotatable bonds is 7. The van der Waals surface area contributed by atoms with Gasteiger partial charge in [0.05, 0.1) is 45.5 Å². The van der Waals surface area contributed by atoms with Crippen LogP contribution >= 0.6 is 22.9 Å². The molecule has 270 valence electrons. The number of anilines is 2. The number of halogens is 6. The van der Waals surface area contributed by atoms with Gasteiger partial charge in [-0.1, -0.05) is 30.5 Å². The molecule has 4 atom stereocenters. The van der Waals surface area contributed by atoms with Crippen molar-refractivity contribution in [3.05, 3.63) is 34.4 Å². The van der Waals surface area contributed by atoms with Crippen LogP contribution in [0, 0.1) is 23.0 Å². The van der Waals surface area contributed by atoms with Crippen LogP contribution in [-0.4, -0.2) is 78.2 Å². The van der Waals surface area contributed by atoms with E-state index in [2.05, 4.69) is 9.88 Å². The first kappa shape index (κ1) is 34.4.